The number of nitrogens with zero attached hydrogens (tertiary/aromatic N) is 3. The van der Waals surface area contributed by atoms with Gasteiger partial charge in [-0.3, -0.25) is 24.0 Å². The first-order valence-electron chi connectivity index (χ1n) is 10.9. The molecule has 0 aliphatic rings. The Morgan fingerprint density at radius 1 is 0.970 bits per heavy atom. The predicted octanol–water partition coefficient (Wildman–Crippen LogP) is -0.109. The van der Waals surface area contributed by atoms with Gasteiger partial charge >= 0.3 is 0 Å². The zero-order valence-corrected chi connectivity index (χ0v) is 21.0. The van der Waals surface area contributed by atoms with Crippen LogP contribution in [0.15, 0.2) is 12.3 Å². The molecule has 0 saturated heterocycles. The van der Waals surface area contributed by atoms with E-state index in [9.17, 15) is 24.0 Å². The van der Waals surface area contributed by atoms with E-state index >= 15 is 0 Å². The van der Waals surface area contributed by atoms with Crippen LogP contribution in [0, 0.1) is 11.8 Å². The van der Waals surface area contributed by atoms with Crippen molar-refractivity contribution in [1.29, 1.82) is 0 Å². The van der Waals surface area contributed by atoms with Crippen molar-refractivity contribution in [3.63, 3.8) is 0 Å². The quantitative estimate of drug-likeness (QED) is 0.308. The molecule has 0 aromatic carbocycles. The summed E-state index contributed by atoms with van der Waals surface area (Å²) in [5, 5.41) is 2.68. The lowest BCUT2D eigenvalue weighted by molar-refractivity contribution is -0.144. The first-order valence-corrected chi connectivity index (χ1v) is 10.9. The Bertz CT molecular complexity index is 770. The lowest BCUT2D eigenvalue weighted by Crippen LogP contribution is -2.58. The highest BCUT2D eigenvalue weighted by molar-refractivity contribution is 6.20. The largest absolute Gasteiger partial charge is 0.368 e. The van der Waals surface area contributed by atoms with Gasteiger partial charge in [-0.15, -0.1) is 0 Å². The van der Waals surface area contributed by atoms with Crippen LogP contribution in [0.2, 0.25) is 6.32 Å². The van der Waals surface area contributed by atoms with Crippen LogP contribution in [0.3, 0.4) is 0 Å². The third kappa shape index (κ3) is 8.22. The molecule has 33 heavy (non-hydrogen) atoms. The van der Waals surface area contributed by atoms with Gasteiger partial charge in [-0.05, 0) is 31.5 Å². The van der Waals surface area contributed by atoms with Crippen LogP contribution >= 0.6 is 0 Å². The minimum Gasteiger partial charge on any atom is -0.368 e. The first kappa shape index (κ1) is 30.2. The minimum atomic E-state index is -0.974. The topological polar surface area (TPSA) is 133 Å². The number of hydrogen-bond donors (Lipinski definition) is 2. The van der Waals surface area contributed by atoms with Crippen LogP contribution in [-0.4, -0.2) is 91.4 Å². The summed E-state index contributed by atoms with van der Waals surface area (Å²) < 4.78 is 0. The van der Waals surface area contributed by atoms with E-state index in [-0.39, 0.29) is 23.9 Å². The number of rotatable bonds is 12. The smallest absolute Gasteiger partial charge is 0.270 e. The molecular weight excluding hydrogens is 425 g/mol. The normalized spacial score (nSPS) is 13.6. The van der Waals surface area contributed by atoms with Crippen LogP contribution in [0.4, 0.5) is 0 Å². The molecule has 2 radical (unpaired) electrons. The molecule has 0 heterocycles. The summed E-state index contributed by atoms with van der Waals surface area (Å²) in [6, 6.07) is -2.72. The Labute approximate surface area is 198 Å². The monoisotopic (exact) mass is 463 g/mol. The molecule has 3 atom stereocenters. The van der Waals surface area contributed by atoms with E-state index in [0.29, 0.717) is 6.42 Å². The third-order valence-corrected chi connectivity index (χ3v) is 5.55. The second-order valence-electron chi connectivity index (χ2n) is 8.92. The average molecular weight is 463 g/mol. The maximum Gasteiger partial charge on any atom is 0.270 e. The molecule has 0 unspecified atom stereocenters. The zero-order chi connectivity index (χ0) is 26.2. The number of nitrogens with two attached hydrogens (primary N) is 1. The number of carbonyl (C=O) groups excluding carboxylic acids is 5. The van der Waals surface area contributed by atoms with Gasteiger partial charge < -0.3 is 25.8 Å². The SMILES string of the molecule is [B]CC(=O)N(C)C(=C)C(=O)N(C)[C@@H](C)C(=O)N[C@H](C(=O)N(C)[C@@H](CC(C)C)C(N)=O)C(C)C. The van der Waals surface area contributed by atoms with E-state index in [2.05, 4.69) is 11.9 Å². The van der Waals surface area contributed by atoms with Crippen molar-refractivity contribution >= 4 is 37.4 Å². The van der Waals surface area contributed by atoms with Crippen molar-refractivity contribution in [2.24, 2.45) is 17.6 Å². The summed E-state index contributed by atoms with van der Waals surface area (Å²) in [4.78, 5) is 65.7. The fourth-order valence-electron chi connectivity index (χ4n) is 3.06. The summed E-state index contributed by atoms with van der Waals surface area (Å²) >= 11 is 0. The van der Waals surface area contributed by atoms with Crippen molar-refractivity contribution in [2.75, 3.05) is 21.1 Å². The van der Waals surface area contributed by atoms with Crippen LogP contribution < -0.4 is 11.1 Å². The number of primary amides is 1. The fourth-order valence-corrected chi connectivity index (χ4v) is 3.06. The lowest BCUT2D eigenvalue weighted by atomic mass is 9.98. The molecule has 5 amide bonds. The molecule has 0 aliphatic carbocycles. The van der Waals surface area contributed by atoms with E-state index in [4.69, 9.17) is 13.6 Å². The Morgan fingerprint density at radius 3 is 1.88 bits per heavy atom. The lowest BCUT2D eigenvalue weighted by Gasteiger charge is -2.33. The average Bonchev–Trinajstić information content (AvgIpc) is 2.75. The van der Waals surface area contributed by atoms with Crippen molar-refractivity contribution in [3.8, 4) is 0 Å². The van der Waals surface area contributed by atoms with E-state index < -0.39 is 47.7 Å². The van der Waals surface area contributed by atoms with Gasteiger partial charge in [0.05, 0.1) is 7.85 Å². The Kier molecular flexibility index (Phi) is 11.9. The van der Waals surface area contributed by atoms with Gasteiger partial charge in [0.15, 0.2) is 0 Å². The molecule has 0 aromatic rings. The standard InChI is InChI=1S/C22H38BN5O5/c1-12(2)10-16(19(24)30)28(9)22(33)18(13(3)4)25-20(31)14(5)27(8)21(32)15(6)26(7)17(29)11-23/h12-14,16,18H,6,10-11H2,1-5,7-9H3,(H2,24,30)(H,25,31)/t14-,16-,18-/m0/s1. The highest BCUT2D eigenvalue weighted by Crippen LogP contribution is 2.15. The molecular formula is C22H38BN5O5. The summed E-state index contributed by atoms with van der Waals surface area (Å²) in [6.07, 6.45) is 0.0957. The highest BCUT2D eigenvalue weighted by Gasteiger charge is 2.35. The predicted molar refractivity (Wildman–Crippen MR) is 127 cm³/mol. The van der Waals surface area contributed by atoms with Crippen molar-refractivity contribution in [2.45, 2.75) is 65.5 Å². The maximum atomic E-state index is 13.1. The summed E-state index contributed by atoms with van der Waals surface area (Å²) in [7, 11) is 9.55. The van der Waals surface area contributed by atoms with Gasteiger partial charge in [0.2, 0.25) is 23.6 Å². The van der Waals surface area contributed by atoms with E-state index in [1.54, 1.807) is 13.8 Å². The maximum absolute atomic E-state index is 13.1. The van der Waals surface area contributed by atoms with Crippen LogP contribution in [-0.2, 0) is 24.0 Å². The molecule has 0 aromatic heterocycles. The molecule has 0 bridgehead atoms. The van der Waals surface area contributed by atoms with Gasteiger partial charge in [-0.2, -0.15) is 0 Å². The molecule has 0 saturated carbocycles. The summed E-state index contributed by atoms with van der Waals surface area (Å²) in [5.74, 6) is -2.97. The van der Waals surface area contributed by atoms with E-state index in [0.717, 1.165) is 9.80 Å². The fraction of sp³-hybridized carbons (Fsp3) is 0.682. The number of likely N-dealkylation sites (N-methyl/N-ethyl adjacent to an activating group) is 3. The van der Waals surface area contributed by atoms with Gasteiger partial charge in [0, 0.05) is 21.1 Å². The molecule has 11 heteroatoms. The molecule has 0 spiro atoms. The minimum absolute atomic E-state index is 0.127. The van der Waals surface area contributed by atoms with Crippen molar-refractivity contribution in [3.05, 3.63) is 12.3 Å². The second kappa shape index (κ2) is 13.0. The van der Waals surface area contributed by atoms with Crippen molar-refractivity contribution in [1.82, 2.24) is 20.0 Å². The highest BCUT2D eigenvalue weighted by atomic mass is 16.2. The summed E-state index contributed by atoms with van der Waals surface area (Å²) in [5.41, 5.74) is 5.36. The van der Waals surface area contributed by atoms with Gasteiger partial charge in [-0.25, -0.2) is 0 Å². The Balaban J connectivity index is 5.52. The molecule has 10 nitrogen and oxygen atoms in total. The Morgan fingerprint density at radius 2 is 1.48 bits per heavy atom. The first-order chi connectivity index (χ1) is 15.1. The van der Waals surface area contributed by atoms with Gasteiger partial charge in [0.25, 0.3) is 5.91 Å². The third-order valence-electron chi connectivity index (χ3n) is 5.55. The van der Waals surface area contributed by atoms with Crippen molar-refractivity contribution < 1.29 is 24.0 Å². The molecule has 0 fully saturated rings. The number of carbonyl (C=O) groups is 5. The van der Waals surface area contributed by atoms with E-state index in [1.807, 2.05) is 13.8 Å². The number of hydrogen-bond acceptors (Lipinski definition) is 5. The second-order valence-corrected chi connectivity index (χ2v) is 8.92. The van der Waals surface area contributed by atoms with Crippen LogP contribution in [0.5, 0.6) is 0 Å². The molecule has 0 aliphatic heterocycles. The van der Waals surface area contributed by atoms with E-state index in [1.165, 1.54) is 33.0 Å². The van der Waals surface area contributed by atoms with Crippen LogP contribution in [0.25, 0.3) is 0 Å². The van der Waals surface area contributed by atoms with Gasteiger partial charge in [-0.1, -0.05) is 34.3 Å². The van der Waals surface area contributed by atoms with Gasteiger partial charge in [0.1, 0.15) is 23.8 Å². The zero-order valence-electron chi connectivity index (χ0n) is 21.0. The van der Waals surface area contributed by atoms with Crippen LogP contribution in [0.1, 0.15) is 41.0 Å². The summed E-state index contributed by atoms with van der Waals surface area (Å²) in [6.45, 7) is 12.4. The molecule has 184 valence electrons. The number of amides is 5. The Hall–Kier alpha value is -2.85. The number of nitrogens with one attached hydrogen (secondary N) is 1. The molecule has 3 N–H and O–H groups in total. The molecule has 0 rings (SSSR count).